The van der Waals surface area contributed by atoms with Crippen molar-refractivity contribution in [3.8, 4) is 11.8 Å². The highest BCUT2D eigenvalue weighted by Gasteiger charge is 2.22. The zero-order chi connectivity index (χ0) is 24.1. The van der Waals surface area contributed by atoms with Crippen molar-refractivity contribution in [2.24, 2.45) is 5.92 Å². The molecule has 0 unspecified atom stereocenters. The normalized spacial score (nSPS) is 17.9. The highest BCUT2D eigenvalue weighted by atomic mass is 19.2. The number of hydrogen-bond acceptors (Lipinski definition) is 2. The van der Waals surface area contributed by atoms with Gasteiger partial charge in [0.2, 0.25) is 0 Å². The Morgan fingerprint density at radius 1 is 0.824 bits per heavy atom. The molecule has 3 aromatic rings. The van der Waals surface area contributed by atoms with Crippen molar-refractivity contribution in [3.63, 3.8) is 0 Å². The van der Waals surface area contributed by atoms with Crippen LogP contribution >= 0.6 is 0 Å². The number of halogens is 4. The predicted octanol–water partition coefficient (Wildman–Crippen LogP) is 6.68. The zero-order valence-electron chi connectivity index (χ0n) is 18.6. The van der Waals surface area contributed by atoms with E-state index in [1.807, 2.05) is 6.08 Å². The van der Waals surface area contributed by atoms with Gasteiger partial charge >= 0.3 is 0 Å². The Morgan fingerprint density at radius 2 is 1.50 bits per heavy atom. The van der Waals surface area contributed by atoms with E-state index in [2.05, 4.69) is 18.4 Å². The summed E-state index contributed by atoms with van der Waals surface area (Å²) in [7, 11) is 0. The summed E-state index contributed by atoms with van der Waals surface area (Å²) in [5.41, 5.74) is 0.577. The van der Waals surface area contributed by atoms with E-state index >= 15 is 0 Å². The first kappa shape index (κ1) is 24.0. The monoisotopic (exact) mass is 468 g/mol. The highest BCUT2D eigenvalue weighted by molar-refractivity contribution is 5.84. The molecule has 4 rings (SSSR count). The van der Waals surface area contributed by atoms with Crippen molar-refractivity contribution in [2.45, 2.75) is 32.0 Å². The summed E-state index contributed by atoms with van der Waals surface area (Å²) in [6.07, 6.45) is 4.24. The molecule has 0 amide bonds. The van der Waals surface area contributed by atoms with Crippen LogP contribution in [0.1, 0.15) is 36.0 Å². The molecule has 0 aromatic heterocycles. The first-order valence-electron chi connectivity index (χ1n) is 11.2. The van der Waals surface area contributed by atoms with E-state index in [0.717, 1.165) is 25.0 Å². The summed E-state index contributed by atoms with van der Waals surface area (Å²) >= 11 is 0. The van der Waals surface area contributed by atoms with Crippen LogP contribution in [0.25, 0.3) is 10.8 Å². The minimum Gasteiger partial charge on any atom is -0.352 e. The van der Waals surface area contributed by atoms with E-state index in [0.29, 0.717) is 53.9 Å². The molecule has 1 heterocycles. The average molecular weight is 468 g/mol. The standard InChI is InChI=1S/C28H24F4O2/c1-2-3-4-20-16-33-28(34-17-20)10-7-19-12-24(29)23(25(30)13-19)9-6-18-5-8-21-14-26(31)27(32)15-22(21)11-18/h2,5,8,11-15,20,28H,1,3-4,7,10,16-17H2. The Balaban J connectivity index is 1.41. The number of hydrogen-bond donors (Lipinski definition) is 0. The van der Waals surface area contributed by atoms with Gasteiger partial charge in [0.25, 0.3) is 0 Å². The quantitative estimate of drug-likeness (QED) is 0.228. The second-order valence-electron chi connectivity index (χ2n) is 8.38. The lowest BCUT2D eigenvalue weighted by molar-refractivity contribution is -0.203. The second kappa shape index (κ2) is 10.9. The molecule has 1 saturated heterocycles. The van der Waals surface area contributed by atoms with Crippen molar-refractivity contribution < 1.29 is 27.0 Å². The molecule has 1 aliphatic rings. The second-order valence-corrected chi connectivity index (χ2v) is 8.38. The van der Waals surface area contributed by atoms with Crippen LogP contribution in [0.3, 0.4) is 0 Å². The third-order valence-electron chi connectivity index (χ3n) is 5.80. The van der Waals surface area contributed by atoms with Crippen LogP contribution in [0.15, 0.2) is 55.1 Å². The van der Waals surface area contributed by atoms with Gasteiger partial charge in [-0.3, -0.25) is 0 Å². The number of benzene rings is 3. The van der Waals surface area contributed by atoms with Crippen LogP contribution < -0.4 is 0 Å². The molecule has 0 aliphatic carbocycles. The molecule has 3 aromatic carbocycles. The summed E-state index contributed by atoms with van der Waals surface area (Å²) in [5, 5.41) is 0.950. The maximum atomic E-state index is 14.6. The molecular weight excluding hydrogens is 444 g/mol. The van der Waals surface area contributed by atoms with E-state index in [-0.39, 0.29) is 5.56 Å². The smallest absolute Gasteiger partial charge is 0.159 e. The Morgan fingerprint density at radius 3 is 2.18 bits per heavy atom. The molecular formula is C28H24F4O2. The molecule has 0 N–H and O–H groups in total. The number of ether oxygens (including phenoxy) is 2. The Bertz CT molecular complexity index is 1230. The average Bonchev–Trinajstić information content (AvgIpc) is 2.82. The minimum absolute atomic E-state index is 0.338. The summed E-state index contributed by atoms with van der Waals surface area (Å²) in [6, 6.07) is 9.39. The lowest BCUT2D eigenvalue weighted by Gasteiger charge is -2.29. The van der Waals surface area contributed by atoms with Crippen molar-refractivity contribution >= 4 is 10.8 Å². The summed E-state index contributed by atoms with van der Waals surface area (Å²) < 4.78 is 67.5. The van der Waals surface area contributed by atoms with E-state index < -0.39 is 29.6 Å². The first-order valence-corrected chi connectivity index (χ1v) is 11.2. The molecule has 1 fully saturated rings. The topological polar surface area (TPSA) is 18.5 Å². The number of rotatable bonds is 6. The molecule has 0 radical (unpaired) electrons. The van der Waals surface area contributed by atoms with Gasteiger partial charge in [-0.05, 0) is 72.0 Å². The molecule has 0 spiro atoms. The van der Waals surface area contributed by atoms with Gasteiger partial charge in [-0.2, -0.15) is 0 Å². The fourth-order valence-corrected chi connectivity index (χ4v) is 3.90. The van der Waals surface area contributed by atoms with Gasteiger partial charge in [-0.25, -0.2) is 17.6 Å². The van der Waals surface area contributed by atoms with Crippen molar-refractivity contribution in [2.75, 3.05) is 13.2 Å². The van der Waals surface area contributed by atoms with Crippen LogP contribution in [0.4, 0.5) is 17.6 Å². The van der Waals surface area contributed by atoms with Crippen LogP contribution in [0, 0.1) is 41.0 Å². The van der Waals surface area contributed by atoms with Gasteiger partial charge in [-0.15, -0.1) is 6.58 Å². The maximum Gasteiger partial charge on any atom is 0.159 e. The third kappa shape index (κ3) is 5.85. The van der Waals surface area contributed by atoms with Crippen molar-refractivity contribution in [3.05, 3.63) is 95.1 Å². The summed E-state index contributed by atoms with van der Waals surface area (Å²) in [5.74, 6) is 2.13. The molecule has 2 nitrogen and oxygen atoms in total. The van der Waals surface area contributed by atoms with Crippen molar-refractivity contribution in [1.29, 1.82) is 0 Å². The minimum atomic E-state index is -0.971. The van der Waals surface area contributed by atoms with E-state index in [4.69, 9.17) is 9.47 Å². The van der Waals surface area contributed by atoms with E-state index in [1.165, 1.54) is 12.1 Å². The Hall–Kier alpha value is -3.14. The molecule has 6 heteroatoms. The molecule has 176 valence electrons. The maximum absolute atomic E-state index is 14.6. The Kier molecular flexibility index (Phi) is 7.66. The first-order chi connectivity index (χ1) is 16.4. The molecule has 34 heavy (non-hydrogen) atoms. The van der Waals surface area contributed by atoms with Crippen molar-refractivity contribution in [1.82, 2.24) is 0 Å². The molecule has 0 saturated carbocycles. The summed E-state index contributed by atoms with van der Waals surface area (Å²) in [6.45, 7) is 4.92. The predicted molar refractivity (Wildman–Crippen MR) is 123 cm³/mol. The van der Waals surface area contributed by atoms with Gasteiger partial charge in [0, 0.05) is 17.9 Å². The van der Waals surface area contributed by atoms with Gasteiger partial charge < -0.3 is 9.47 Å². The van der Waals surface area contributed by atoms with Crippen LogP contribution in [-0.4, -0.2) is 19.5 Å². The van der Waals surface area contributed by atoms with Gasteiger partial charge in [-0.1, -0.05) is 24.0 Å². The number of allylic oxidation sites excluding steroid dienone is 1. The lowest BCUT2D eigenvalue weighted by Crippen LogP contribution is -2.32. The highest BCUT2D eigenvalue weighted by Crippen LogP contribution is 2.22. The number of aryl methyl sites for hydroxylation is 1. The van der Waals surface area contributed by atoms with E-state index in [1.54, 1.807) is 18.2 Å². The molecule has 1 aliphatic heterocycles. The zero-order valence-corrected chi connectivity index (χ0v) is 18.6. The molecule has 0 bridgehead atoms. The van der Waals surface area contributed by atoms with Crippen LogP contribution in [0.2, 0.25) is 0 Å². The van der Waals surface area contributed by atoms with Gasteiger partial charge in [0.15, 0.2) is 17.9 Å². The largest absolute Gasteiger partial charge is 0.352 e. The van der Waals surface area contributed by atoms with Gasteiger partial charge in [0.05, 0.1) is 18.8 Å². The summed E-state index contributed by atoms with van der Waals surface area (Å²) in [4.78, 5) is 0. The van der Waals surface area contributed by atoms with E-state index in [9.17, 15) is 17.6 Å². The Labute approximate surface area is 196 Å². The van der Waals surface area contributed by atoms with Crippen LogP contribution in [-0.2, 0) is 15.9 Å². The fourth-order valence-electron chi connectivity index (χ4n) is 3.90. The molecule has 0 atom stereocenters. The fraction of sp³-hybridized carbons (Fsp3) is 0.286. The third-order valence-corrected chi connectivity index (χ3v) is 5.80. The number of fused-ring (bicyclic) bond motifs is 1. The van der Waals surface area contributed by atoms with Gasteiger partial charge in [0.1, 0.15) is 11.6 Å². The lowest BCUT2D eigenvalue weighted by atomic mass is 10.0. The SMILES string of the molecule is C=CCCC1COC(CCc2cc(F)c(C#Cc3ccc4cc(F)c(F)cc4c3)c(F)c2)OC1. The van der Waals surface area contributed by atoms with Crippen LogP contribution in [0.5, 0.6) is 0 Å².